The summed E-state index contributed by atoms with van der Waals surface area (Å²) in [7, 11) is 0. The maximum atomic E-state index is 11.1. The third kappa shape index (κ3) is 4.49. The first kappa shape index (κ1) is 15.9. The number of hydrogen-bond donors (Lipinski definition) is 2. The van der Waals surface area contributed by atoms with Crippen LogP contribution in [0.15, 0.2) is 24.3 Å². The van der Waals surface area contributed by atoms with Crippen molar-refractivity contribution >= 4 is 23.6 Å². The molecular formula is C16H21NO3S. The predicted molar refractivity (Wildman–Crippen MR) is 84.7 cm³/mol. The van der Waals surface area contributed by atoms with Gasteiger partial charge in [-0.1, -0.05) is 24.3 Å². The molecule has 2 atom stereocenters. The van der Waals surface area contributed by atoms with E-state index in [9.17, 15) is 9.59 Å². The summed E-state index contributed by atoms with van der Waals surface area (Å²) in [5.41, 5.74) is 2.83. The highest BCUT2D eigenvalue weighted by molar-refractivity contribution is 7.99. The Balaban J connectivity index is 1.89. The number of hydrogen-bond acceptors (Lipinski definition) is 3. The average molecular weight is 307 g/mol. The monoisotopic (exact) mass is 307 g/mol. The normalized spacial score (nSPS) is 18.6. The van der Waals surface area contributed by atoms with Crippen LogP contribution in [0.3, 0.4) is 0 Å². The molecule has 0 aromatic heterocycles. The Morgan fingerprint density at radius 3 is 2.90 bits per heavy atom. The molecule has 0 heterocycles. The highest BCUT2D eigenvalue weighted by atomic mass is 32.2. The van der Waals surface area contributed by atoms with Crippen LogP contribution in [0.5, 0.6) is 0 Å². The first-order chi connectivity index (χ1) is 10.1. The number of carboxylic acid groups (broad SMARTS) is 1. The van der Waals surface area contributed by atoms with Crippen LogP contribution < -0.4 is 5.32 Å². The van der Waals surface area contributed by atoms with E-state index < -0.39 is 12.0 Å². The van der Waals surface area contributed by atoms with Crippen LogP contribution in [-0.4, -0.2) is 34.5 Å². The predicted octanol–water partition coefficient (Wildman–Crippen LogP) is 2.43. The largest absolute Gasteiger partial charge is 0.480 e. The number of carboxylic acids is 1. The standard InChI is InChI=1S/C16H21NO3S/c1-11(18)17-15(16(19)20)10-21-9-13-7-4-6-12-5-2-3-8-14(12)13/h2-3,5,8,13,15H,4,6-7,9-10H2,1H3,(H,17,18)(H,19,20). The fourth-order valence-corrected chi connectivity index (χ4v) is 4.00. The van der Waals surface area contributed by atoms with E-state index in [2.05, 4.69) is 29.6 Å². The summed E-state index contributed by atoms with van der Waals surface area (Å²) < 4.78 is 0. The topological polar surface area (TPSA) is 66.4 Å². The lowest BCUT2D eigenvalue weighted by atomic mass is 9.84. The molecule has 21 heavy (non-hydrogen) atoms. The zero-order valence-electron chi connectivity index (χ0n) is 12.2. The number of aliphatic carboxylic acids is 1. The number of fused-ring (bicyclic) bond motifs is 1. The fourth-order valence-electron chi connectivity index (χ4n) is 2.78. The smallest absolute Gasteiger partial charge is 0.327 e. The molecule has 5 heteroatoms. The Labute approximate surface area is 129 Å². The molecule has 2 unspecified atom stereocenters. The highest BCUT2D eigenvalue weighted by Crippen LogP contribution is 2.33. The third-order valence-electron chi connectivity index (χ3n) is 3.77. The van der Waals surface area contributed by atoms with Gasteiger partial charge in [0.1, 0.15) is 6.04 Å². The van der Waals surface area contributed by atoms with Gasteiger partial charge in [-0.15, -0.1) is 0 Å². The number of thioether (sulfide) groups is 1. The SMILES string of the molecule is CC(=O)NC(CSCC1CCCc2ccccc21)C(=O)O. The Hall–Kier alpha value is -1.49. The van der Waals surface area contributed by atoms with E-state index in [0.717, 1.165) is 18.6 Å². The van der Waals surface area contributed by atoms with E-state index in [1.165, 1.54) is 24.5 Å². The van der Waals surface area contributed by atoms with Crippen LogP contribution >= 0.6 is 11.8 Å². The van der Waals surface area contributed by atoms with Crippen molar-refractivity contribution in [1.29, 1.82) is 0 Å². The molecule has 1 aliphatic rings. The van der Waals surface area contributed by atoms with Gasteiger partial charge in [-0.25, -0.2) is 4.79 Å². The second-order valence-electron chi connectivity index (χ2n) is 5.42. The lowest BCUT2D eigenvalue weighted by Crippen LogP contribution is -2.41. The van der Waals surface area contributed by atoms with Gasteiger partial charge in [-0.05, 0) is 36.3 Å². The van der Waals surface area contributed by atoms with Gasteiger partial charge in [0.2, 0.25) is 5.91 Å². The molecule has 4 nitrogen and oxygen atoms in total. The fraction of sp³-hybridized carbons (Fsp3) is 0.500. The maximum absolute atomic E-state index is 11.1. The van der Waals surface area contributed by atoms with Crippen molar-refractivity contribution in [2.45, 2.75) is 38.1 Å². The molecule has 0 spiro atoms. The summed E-state index contributed by atoms with van der Waals surface area (Å²) in [6, 6.07) is 7.71. The molecule has 0 saturated heterocycles. The molecule has 1 aromatic carbocycles. The molecule has 0 radical (unpaired) electrons. The molecule has 114 valence electrons. The average Bonchev–Trinajstić information content (AvgIpc) is 2.46. The Morgan fingerprint density at radius 1 is 1.43 bits per heavy atom. The van der Waals surface area contributed by atoms with Crippen molar-refractivity contribution in [3.8, 4) is 0 Å². The van der Waals surface area contributed by atoms with Gasteiger partial charge < -0.3 is 10.4 Å². The van der Waals surface area contributed by atoms with Gasteiger partial charge >= 0.3 is 5.97 Å². The summed E-state index contributed by atoms with van der Waals surface area (Å²) >= 11 is 1.61. The van der Waals surface area contributed by atoms with E-state index in [4.69, 9.17) is 5.11 Å². The molecule has 1 amide bonds. The minimum Gasteiger partial charge on any atom is -0.480 e. The molecule has 1 aromatic rings. The van der Waals surface area contributed by atoms with E-state index in [0.29, 0.717) is 11.7 Å². The molecule has 0 fully saturated rings. The van der Waals surface area contributed by atoms with Gasteiger partial charge in [0.25, 0.3) is 0 Å². The number of aryl methyl sites for hydroxylation is 1. The van der Waals surface area contributed by atoms with Crippen molar-refractivity contribution in [2.24, 2.45) is 0 Å². The number of carbonyl (C=O) groups is 2. The van der Waals surface area contributed by atoms with Crippen LogP contribution in [0.4, 0.5) is 0 Å². The second kappa shape index (κ2) is 7.50. The Morgan fingerprint density at radius 2 is 2.19 bits per heavy atom. The number of carbonyl (C=O) groups excluding carboxylic acids is 1. The van der Waals surface area contributed by atoms with Crippen molar-refractivity contribution in [1.82, 2.24) is 5.32 Å². The first-order valence-electron chi connectivity index (χ1n) is 7.23. The van der Waals surface area contributed by atoms with Crippen LogP contribution in [0.2, 0.25) is 0 Å². The summed E-state index contributed by atoms with van der Waals surface area (Å²) in [6.07, 6.45) is 3.49. The number of rotatable bonds is 6. The summed E-state index contributed by atoms with van der Waals surface area (Å²) in [5.74, 6) is 0.535. The molecule has 2 N–H and O–H groups in total. The molecule has 0 bridgehead atoms. The van der Waals surface area contributed by atoms with Crippen molar-refractivity contribution in [3.63, 3.8) is 0 Å². The zero-order valence-corrected chi connectivity index (χ0v) is 13.0. The molecule has 0 aliphatic heterocycles. The first-order valence-corrected chi connectivity index (χ1v) is 8.39. The molecule has 2 rings (SSSR count). The summed E-state index contributed by atoms with van der Waals surface area (Å²) in [5, 5.41) is 11.6. The highest BCUT2D eigenvalue weighted by Gasteiger charge is 2.22. The van der Waals surface area contributed by atoms with E-state index in [1.54, 1.807) is 11.8 Å². The van der Waals surface area contributed by atoms with Crippen LogP contribution in [0, 0.1) is 0 Å². The van der Waals surface area contributed by atoms with Gasteiger partial charge in [0.05, 0.1) is 0 Å². The van der Waals surface area contributed by atoms with Crippen molar-refractivity contribution in [2.75, 3.05) is 11.5 Å². The van der Waals surface area contributed by atoms with Gasteiger partial charge in [0.15, 0.2) is 0 Å². The van der Waals surface area contributed by atoms with Crippen LogP contribution in [0.1, 0.15) is 36.8 Å². The van der Waals surface area contributed by atoms with E-state index >= 15 is 0 Å². The van der Waals surface area contributed by atoms with E-state index in [1.807, 2.05) is 0 Å². The Bertz CT molecular complexity index is 518. The third-order valence-corrected chi connectivity index (χ3v) is 4.98. The number of amides is 1. The van der Waals surface area contributed by atoms with Crippen LogP contribution in [-0.2, 0) is 16.0 Å². The maximum Gasteiger partial charge on any atom is 0.327 e. The summed E-state index contributed by atoms with van der Waals surface area (Å²) in [4.78, 5) is 22.1. The molecule has 0 saturated carbocycles. The minimum atomic E-state index is -0.971. The quantitative estimate of drug-likeness (QED) is 0.847. The van der Waals surface area contributed by atoms with E-state index in [-0.39, 0.29) is 5.91 Å². The van der Waals surface area contributed by atoms with Gasteiger partial charge in [0, 0.05) is 18.4 Å². The number of benzene rings is 1. The Kier molecular flexibility index (Phi) is 5.67. The van der Waals surface area contributed by atoms with Gasteiger partial charge in [-0.3, -0.25) is 4.79 Å². The summed E-state index contributed by atoms with van der Waals surface area (Å²) in [6.45, 7) is 1.35. The molecular weight excluding hydrogens is 286 g/mol. The van der Waals surface area contributed by atoms with Gasteiger partial charge in [-0.2, -0.15) is 11.8 Å². The lowest BCUT2D eigenvalue weighted by Gasteiger charge is -2.25. The van der Waals surface area contributed by atoms with Crippen molar-refractivity contribution < 1.29 is 14.7 Å². The molecule has 1 aliphatic carbocycles. The minimum absolute atomic E-state index is 0.300. The van der Waals surface area contributed by atoms with Crippen LogP contribution in [0.25, 0.3) is 0 Å². The number of nitrogens with one attached hydrogen (secondary N) is 1. The lowest BCUT2D eigenvalue weighted by molar-refractivity contribution is -0.140. The van der Waals surface area contributed by atoms with Crippen molar-refractivity contribution in [3.05, 3.63) is 35.4 Å². The zero-order chi connectivity index (χ0) is 15.2. The second-order valence-corrected chi connectivity index (χ2v) is 6.49.